The molecule has 6 nitrogen and oxygen atoms in total. The normalized spacial score (nSPS) is 15.8. The van der Waals surface area contributed by atoms with Gasteiger partial charge in [-0.15, -0.1) is 11.3 Å². The van der Waals surface area contributed by atoms with Crippen LogP contribution in [0.1, 0.15) is 20.9 Å². The summed E-state index contributed by atoms with van der Waals surface area (Å²) in [5.74, 6) is 0.922. The average Bonchev–Trinajstić information content (AvgIpc) is 3.37. The van der Waals surface area contributed by atoms with Crippen molar-refractivity contribution >= 4 is 22.9 Å². The van der Waals surface area contributed by atoms with E-state index in [-0.39, 0.29) is 5.91 Å². The van der Waals surface area contributed by atoms with E-state index >= 15 is 0 Å². The molecule has 3 heterocycles. The van der Waals surface area contributed by atoms with Crippen molar-refractivity contribution in [3.05, 3.63) is 51.8 Å². The van der Waals surface area contributed by atoms with E-state index in [1.165, 1.54) is 10.4 Å². The molecule has 0 saturated carbocycles. The Balaban J connectivity index is 1.32. The molecule has 150 valence electrons. The van der Waals surface area contributed by atoms with E-state index in [0.717, 1.165) is 48.6 Å². The highest BCUT2D eigenvalue weighted by Gasteiger charge is 2.31. The van der Waals surface area contributed by atoms with Crippen molar-refractivity contribution in [2.45, 2.75) is 12.8 Å². The van der Waals surface area contributed by atoms with E-state index in [4.69, 9.17) is 4.74 Å². The van der Waals surface area contributed by atoms with Crippen molar-refractivity contribution in [3.8, 4) is 17.0 Å². The van der Waals surface area contributed by atoms with Gasteiger partial charge in [0.1, 0.15) is 5.75 Å². The first-order valence-electron chi connectivity index (χ1n) is 9.96. The molecule has 1 fully saturated rings. The number of fused-ring (bicyclic) bond motifs is 3. The van der Waals surface area contributed by atoms with Gasteiger partial charge in [0.05, 0.1) is 12.8 Å². The molecule has 0 atom stereocenters. The number of amides is 1. The SMILES string of the molecule is COc1ccc(N2CCN(C(=O)c3nn(C)c4c3CCc3sccc3-4)CC2)cc1. The summed E-state index contributed by atoms with van der Waals surface area (Å²) in [5, 5.41) is 6.78. The fourth-order valence-corrected chi connectivity index (χ4v) is 5.29. The van der Waals surface area contributed by atoms with E-state index in [9.17, 15) is 4.79 Å². The van der Waals surface area contributed by atoms with Crippen LogP contribution in [0.15, 0.2) is 35.7 Å². The molecule has 0 spiro atoms. The van der Waals surface area contributed by atoms with E-state index in [1.54, 1.807) is 18.4 Å². The smallest absolute Gasteiger partial charge is 0.274 e. The zero-order valence-corrected chi connectivity index (χ0v) is 17.5. The van der Waals surface area contributed by atoms with Crippen LogP contribution in [-0.2, 0) is 19.9 Å². The Morgan fingerprint density at radius 2 is 1.83 bits per heavy atom. The maximum atomic E-state index is 13.3. The molecule has 1 aliphatic heterocycles. The van der Waals surface area contributed by atoms with Gasteiger partial charge in [-0.25, -0.2) is 0 Å². The summed E-state index contributed by atoms with van der Waals surface area (Å²) in [6, 6.07) is 10.3. The second-order valence-electron chi connectivity index (χ2n) is 7.53. The average molecular weight is 409 g/mol. The lowest BCUT2D eigenvalue weighted by Crippen LogP contribution is -2.49. The van der Waals surface area contributed by atoms with Crippen LogP contribution in [0.3, 0.4) is 0 Å². The predicted molar refractivity (Wildman–Crippen MR) is 115 cm³/mol. The molecule has 5 rings (SSSR count). The number of ether oxygens (including phenoxy) is 1. The van der Waals surface area contributed by atoms with Gasteiger partial charge in [-0.1, -0.05) is 0 Å². The molecule has 29 heavy (non-hydrogen) atoms. The van der Waals surface area contributed by atoms with E-state index in [0.29, 0.717) is 18.8 Å². The first kappa shape index (κ1) is 18.2. The summed E-state index contributed by atoms with van der Waals surface area (Å²) < 4.78 is 7.13. The summed E-state index contributed by atoms with van der Waals surface area (Å²) in [7, 11) is 3.62. The van der Waals surface area contributed by atoms with Crippen molar-refractivity contribution in [3.63, 3.8) is 0 Å². The number of aromatic nitrogens is 2. The van der Waals surface area contributed by atoms with Crippen LogP contribution in [0, 0.1) is 0 Å². The molecule has 2 aliphatic rings. The number of rotatable bonds is 3. The first-order valence-corrected chi connectivity index (χ1v) is 10.8. The zero-order valence-electron chi connectivity index (χ0n) is 16.7. The molecule has 0 N–H and O–H groups in total. The van der Waals surface area contributed by atoms with Crippen molar-refractivity contribution in [1.29, 1.82) is 0 Å². The maximum absolute atomic E-state index is 13.3. The molecule has 1 aliphatic carbocycles. The highest BCUT2D eigenvalue weighted by Crippen LogP contribution is 2.38. The monoisotopic (exact) mass is 408 g/mol. The van der Waals surface area contributed by atoms with Crippen LogP contribution >= 0.6 is 11.3 Å². The van der Waals surface area contributed by atoms with Crippen LogP contribution in [0.4, 0.5) is 5.69 Å². The third-order valence-corrected chi connectivity index (χ3v) is 6.94. The van der Waals surface area contributed by atoms with E-state index in [1.807, 2.05) is 28.8 Å². The number of hydrogen-bond acceptors (Lipinski definition) is 5. The largest absolute Gasteiger partial charge is 0.497 e. The Bertz CT molecular complexity index is 1050. The van der Waals surface area contributed by atoms with Gasteiger partial charge in [-0.05, 0) is 48.6 Å². The molecule has 2 aromatic heterocycles. The Kier molecular flexibility index (Phi) is 4.54. The Morgan fingerprint density at radius 3 is 2.55 bits per heavy atom. The van der Waals surface area contributed by atoms with Crippen molar-refractivity contribution in [2.75, 3.05) is 38.2 Å². The minimum absolute atomic E-state index is 0.0647. The molecule has 7 heteroatoms. The summed E-state index contributed by atoms with van der Waals surface area (Å²) in [5.41, 5.74) is 5.28. The number of piperazine rings is 1. The number of carbonyl (C=O) groups excluding carboxylic acids is 1. The minimum Gasteiger partial charge on any atom is -0.497 e. The summed E-state index contributed by atoms with van der Waals surface area (Å²) in [6.07, 6.45) is 1.89. The van der Waals surface area contributed by atoms with Crippen LogP contribution in [-0.4, -0.2) is 53.9 Å². The molecular formula is C22H24N4O2S. The fraction of sp³-hybridized carbons (Fsp3) is 0.364. The number of benzene rings is 1. The van der Waals surface area contributed by atoms with Crippen LogP contribution in [0.2, 0.25) is 0 Å². The predicted octanol–water partition coefficient (Wildman–Crippen LogP) is 3.22. The summed E-state index contributed by atoms with van der Waals surface area (Å²) >= 11 is 1.79. The lowest BCUT2D eigenvalue weighted by Gasteiger charge is -2.36. The topological polar surface area (TPSA) is 50.6 Å². The van der Waals surface area contributed by atoms with Gasteiger partial charge < -0.3 is 14.5 Å². The second kappa shape index (κ2) is 7.22. The Labute approximate surface area is 174 Å². The summed E-state index contributed by atoms with van der Waals surface area (Å²) in [4.78, 5) is 18.9. The highest BCUT2D eigenvalue weighted by atomic mass is 32.1. The van der Waals surface area contributed by atoms with Gasteiger partial charge in [0.2, 0.25) is 0 Å². The van der Waals surface area contributed by atoms with Gasteiger partial charge in [0, 0.05) is 54.9 Å². The van der Waals surface area contributed by atoms with Gasteiger partial charge in [0.15, 0.2) is 5.69 Å². The van der Waals surface area contributed by atoms with Gasteiger partial charge >= 0.3 is 0 Å². The van der Waals surface area contributed by atoms with Crippen LogP contribution < -0.4 is 9.64 Å². The molecule has 1 saturated heterocycles. The molecule has 1 amide bonds. The number of anilines is 1. The Morgan fingerprint density at radius 1 is 1.07 bits per heavy atom. The third-order valence-electron chi connectivity index (χ3n) is 5.95. The van der Waals surface area contributed by atoms with Crippen LogP contribution in [0.25, 0.3) is 11.3 Å². The van der Waals surface area contributed by atoms with E-state index in [2.05, 4.69) is 33.6 Å². The maximum Gasteiger partial charge on any atom is 0.274 e. The molecule has 0 unspecified atom stereocenters. The zero-order chi connectivity index (χ0) is 20.0. The highest BCUT2D eigenvalue weighted by molar-refractivity contribution is 7.10. The summed E-state index contributed by atoms with van der Waals surface area (Å²) in [6.45, 7) is 3.06. The third kappa shape index (κ3) is 3.09. The van der Waals surface area contributed by atoms with Gasteiger partial charge in [0.25, 0.3) is 5.91 Å². The number of hydrogen-bond donors (Lipinski definition) is 0. The standard InChI is InChI=1S/C22H24N4O2S/c1-24-21-17-9-14-29-19(17)8-7-18(21)20(23-24)22(27)26-12-10-25(11-13-26)15-3-5-16(28-2)6-4-15/h3-6,9,14H,7-8,10-13H2,1-2H3. The van der Waals surface area contributed by atoms with E-state index < -0.39 is 0 Å². The number of carbonyl (C=O) groups is 1. The van der Waals surface area contributed by atoms with Crippen molar-refractivity contribution < 1.29 is 9.53 Å². The fourth-order valence-electron chi connectivity index (χ4n) is 4.41. The number of nitrogens with zero attached hydrogens (tertiary/aromatic N) is 4. The molecular weight excluding hydrogens is 384 g/mol. The lowest BCUT2D eigenvalue weighted by molar-refractivity contribution is 0.0739. The number of thiophene rings is 1. The van der Waals surface area contributed by atoms with Crippen molar-refractivity contribution in [2.24, 2.45) is 7.05 Å². The lowest BCUT2D eigenvalue weighted by atomic mass is 9.94. The van der Waals surface area contributed by atoms with Crippen LogP contribution in [0.5, 0.6) is 5.75 Å². The number of methoxy groups -OCH3 is 1. The second-order valence-corrected chi connectivity index (χ2v) is 8.53. The molecule has 0 radical (unpaired) electrons. The molecule has 0 bridgehead atoms. The molecule has 3 aromatic rings. The number of aryl methyl sites for hydroxylation is 2. The Hall–Kier alpha value is -2.80. The van der Waals surface area contributed by atoms with Crippen molar-refractivity contribution in [1.82, 2.24) is 14.7 Å². The van der Waals surface area contributed by atoms with Gasteiger partial charge in [-0.2, -0.15) is 5.10 Å². The first-order chi connectivity index (χ1) is 14.2. The quantitative estimate of drug-likeness (QED) is 0.668. The van der Waals surface area contributed by atoms with Gasteiger partial charge in [-0.3, -0.25) is 9.48 Å². The molecule has 1 aromatic carbocycles. The minimum atomic E-state index is 0.0647.